The first-order valence-electron chi connectivity index (χ1n) is 11.3. The fourth-order valence-electron chi connectivity index (χ4n) is 3.71. The van der Waals surface area contributed by atoms with Gasteiger partial charge in [0, 0.05) is 33.0 Å². The van der Waals surface area contributed by atoms with Crippen LogP contribution in [0.4, 0.5) is 10.1 Å². The van der Waals surface area contributed by atoms with Crippen molar-refractivity contribution in [2.75, 3.05) is 5.32 Å². The minimum atomic E-state index is -0.328. The Morgan fingerprint density at radius 3 is 2.09 bits per heavy atom. The Morgan fingerprint density at radius 1 is 0.800 bits per heavy atom. The zero-order chi connectivity index (χ0) is 24.6. The van der Waals surface area contributed by atoms with Crippen molar-refractivity contribution in [2.24, 2.45) is 0 Å². The second-order valence-electron chi connectivity index (χ2n) is 8.09. The van der Waals surface area contributed by atoms with E-state index in [1.54, 1.807) is 39.8 Å². The molecule has 0 spiro atoms. The van der Waals surface area contributed by atoms with Crippen LogP contribution in [0.25, 0.3) is 5.70 Å². The molecule has 4 aromatic carbocycles. The second-order valence-corrected chi connectivity index (χ2v) is 10.3. The van der Waals surface area contributed by atoms with Gasteiger partial charge in [0.2, 0.25) is 0 Å². The molecule has 0 amide bonds. The minimum absolute atomic E-state index is 0.135. The van der Waals surface area contributed by atoms with E-state index in [0.717, 1.165) is 27.3 Å². The molecule has 0 aliphatic heterocycles. The van der Waals surface area contributed by atoms with Gasteiger partial charge in [0.25, 0.3) is 0 Å². The Kier molecular flexibility index (Phi) is 8.45. The van der Waals surface area contributed by atoms with Gasteiger partial charge in [-0.15, -0.1) is 0 Å². The van der Waals surface area contributed by atoms with Gasteiger partial charge < -0.3 is 5.32 Å². The smallest absolute Gasteiger partial charge is 0.164 e. The Hall–Kier alpha value is -3.28. The predicted molar refractivity (Wildman–Crippen MR) is 147 cm³/mol. The summed E-state index contributed by atoms with van der Waals surface area (Å²) >= 11 is 0. The summed E-state index contributed by atoms with van der Waals surface area (Å²) in [5.41, 5.74) is 5.03. The number of ketones is 1. The van der Waals surface area contributed by atoms with Crippen LogP contribution >= 0.6 is 21.6 Å². The summed E-state index contributed by atoms with van der Waals surface area (Å²) in [4.78, 5) is 15.0. The minimum Gasteiger partial charge on any atom is -0.353 e. The average molecular weight is 500 g/mol. The van der Waals surface area contributed by atoms with Crippen LogP contribution in [0.5, 0.6) is 0 Å². The van der Waals surface area contributed by atoms with Crippen molar-refractivity contribution in [3.8, 4) is 0 Å². The van der Waals surface area contributed by atoms with Gasteiger partial charge in [-0.3, -0.25) is 4.79 Å². The third kappa shape index (κ3) is 6.44. The molecule has 0 bridgehead atoms. The number of anilines is 1. The lowest BCUT2D eigenvalue weighted by atomic mass is 10.00. The van der Waals surface area contributed by atoms with Gasteiger partial charge in [0.1, 0.15) is 5.82 Å². The summed E-state index contributed by atoms with van der Waals surface area (Å²) in [6.07, 6.45) is 1.19. The van der Waals surface area contributed by atoms with E-state index in [4.69, 9.17) is 0 Å². The maximum atomic E-state index is 14.1. The quantitative estimate of drug-likeness (QED) is 0.174. The summed E-state index contributed by atoms with van der Waals surface area (Å²) in [6, 6.07) is 30.3. The molecule has 0 radical (unpaired) electrons. The lowest BCUT2D eigenvalue weighted by Gasteiger charge is -2.14. The maximum absolute atomic E-state index is 14.1. The van der Waals surface area contributed by atoms with Gasteiger partial charge >= 0.3 is 0 Å². The van der Waals surface area contributed by atoms with E-state index >= 15 is 0 Å². The van der Waals surface area contributed by atoms with Crippen LogP contribution in [0.3, 0.4) is 0 Å². The number of aryl methyl sites for hydroxylation is 2. The molecule has 0 fully saturated rings. The first-order valence-corrected chi connectivity index (χ1v) is 13.5. The van der Waals surface area contributed by atoms with E-state index < -0.39 is 0 Å². The van der Waals surface area contributed by atoms with E-state index in [2.05, 4.69) is 31.0 Å². The molecule has 0 atom stereocenters. The van der Waals surface area contributed by atoms with Crippen molar-refractivity contribution < 1.29 is 9.18 Å². The predicted octanol–water partition coefficient (Wildman–Crippen LogP) is 8.83. The first-order chi connectivity index (χ1) is 17.0. The monoisotopic (exact) mass is 499 g/mol. The van der Waals surface area contributed by atoms with E-state index in [9.17, 15) is 9.18 Å². The van der Waals surface area contributed by atoms with Crippen molar-refractivity contribution in [3.63, 3.8) is 0 Å². The highest BCUT2D eigenvalue weighted by atomic mass is 33.1. The summed E-state index contributed by atoms with van der Waals surface area (Å²) < 4.78 is 14.1. The van der Waals surface area contributed by atoms with Crippen LogP contribution < -0.4 is 5.32 Å². The lowest BCUT2D eigenvalue weighted by molar-refractivity contribution is 0.0980. The highest BCUT2D eigenvalue weighted by molar-refractivity contribution is 8.76. The number of benzene rings is 4. The molecule has 5 heteroatoms. The summed E-state index contributed by atoms with van der Waals surface area (Å²) in [5, 5.41) is 3.09. The van der Waals surface area contributed by atoms with Gasteiger partial charge in [-0.1, -0.05) is 101 Å². The zero-order valence-electron chi connectivity index (χ0n) is 19.5. The third-order valence-electron chi connectivity index (χ3n) is 5.66. The fraction of sp³-hybridized carbons (Fsp3) is 0.100. The van der Waals surface area contributed by atoms with Crippen molar-refractivity contribution in [3.05, 3.63) is 132 Å². The maximum Gasteiger partial charge on any atom is 0.164 e. The summed E-state index contributed by atoms with van der Waals surface area (Å²) in [7, 11) is 3.11. The summed E-state index contributed by atoms with van der Waals surface area (Å²) in [6.45, 7) is 6.20. The molecule has 0 unspecified atom stereocenters. The third-order valence-corrected chi connectivity index (χ3v) is 8.14. The summed E-state index contributed by atoms with van der Waals surface area (Å²) in [5.74, 6) is -0.192. The molecule has 0 aliphatic carbocycles. The Labute approximate surface area is 214 Å². The van der Waals surface area contributed by atoms with E-state index in [0.29, 0.717) is 17.8 Å². The second kappa shape index (κ2) is 11.9. The van der Waals surface area contributed by atoms with E-state index in [1.165, 1.54) is 17.2 Å². The van der Waals surface area contributed by atoms with Crippen LogP contribution in [-0.4, -0.2) is 5.78 Å². The van der Waals surface area contributed by atoms with Crippen LogP contribution in [0.1, 0.15) is 33.5 Å². The number of hydrogen-bond donors (Lipinski definition) is 1. The van der Waals surface area contributed by atoms with Crippen molar-refractivity contribution in [1.82, 2.24) is 0 Å². The molecule has 176 valence electrons. The van der Waals surface area contributed by atoms with Gasteiger partial charge in [-0.25, -0.2) is 4.39 Å². The van der Waals surface area contributed by atoms with Gasteiger partial charge in [0.05, 0.1) is 5.69 Å². The number of carbonyl (C=O) groups is 1. The highest BCUT2D eigenvalue weighted by Gasteiger charge is 2.14. The van der Waals surface area contributed by atoms with Gasteiger partial charge in [-0.2, -0.15) is 0 Å². The normalized spacial score (nSPS) is 10.7. The molecular formula is C30H26FNOS2. The zero-order valence-corrected chi connectivity index (χ0v) is 21.1. The fourth-order valence-corrected chi connectivity index (χ4v) is 6.13. The topological polar surface area (TPSA) is 29.1 Å². The number of hydrogen-bond acceptors (Lipinski definition) is 4. The molecule has 4 aromatic rings. The number of nitrogens with one attached hydrogen (secondary N) is 1. The number of carbonyl (C=O) groups excluding carboxylic acids is 1. The lowest BCUT2D eigenvalue weighted by Crippen LogP contribution is -2.03. The molecule has 2 nitrogen and oxygen atoms in total. The number of rotatable bonds is 10. The molecular weight excluding hydrogens is 473 g/mol. The standard InChI is InChI=1S/C30H26FNOS2/c1-21-11-3-4-12-23(21)19-20-28(33)25-14-6-10-18-30(25)35-34-29-17-9-5-13-24(29)22(2)32-27-16-8-7-15-26(27)31/h3-18,32H,2,19-20H2,1H3. The van der Waals surface area contributed by atoms with E-state index in [-0.39, 0.29) is 11.6 Å². The molecule has 0 saturated heterocycles. The van der Waals surface area contributed by atoms with Crippen LogP contribution in [0.2, 0.25) is 0 Å². The Balaban J connectivity index is 1.46. The average Bonchev–Trinajstić information content (AvgIpc) is 2.88. The highest BCUT2D eigenvalue weighted by Crippen LogP contribution is 2.42. The molecule has 0 heterocycles. The molecule has 0 aliphatic rings. The first kappa shape index (κ1) is 24.8. The van der Waals surface area contributed by atoms with Gasteiger partial charge in [-0.05, 0) is 48.7 Å². The van der Waals surface area contributed by atoms with E-state index in [1.807, 2.05) is 60.7 Å². The molecule has 4 rings (SSSR count). The van der Waals surface area contributed by atoms with Crippen LogP contribution in [-0.2, 0) is 6.42 Å². The Bertz CT molecular complexity index is 1350. The van der Waals surface area contributed by atoms with Crippen molar-refractivity contribution in [1.29, 1.82) is 0 Å². The molecule has 0 saturated carbocycles. The number of halogens is 1. The van der Waals surface area contributed by atoms with Crippen LogP contribution in [0.15, 0.2) is 113 Å². The Morgan fingerprint density at radius 2 is 1.37 bits per heavy atom. The molecule has 0 aromatic heterocycles. The molecule has 1 N–H and O–H groups in total. The number of Topliss-reactive ketones (excluding diaryl/α,β-unsaturated/α-hetero) is 1. The molecule has 35 heavy (non-hydrogen) atoms. The van der Waals surface area contributed by atoms with Crippen molar-refractivity contribution in [2.45, 2.75) is 29.6 Å². The SMILES string of the molecule is C=C(Nc1ccccc1F)c1ccccc1SSc1ccccc1C(=O)CCc1ccccc1C. The number of para-hydroxylation sites is 1. The van der Waals surface area contributed by atoms with Crippen LogP contribution in [0, 0.1) is 12.7 Å². The van der Waals surface area contributed by atoms with Crippen molar-refractivity contribution >= 4 is 38.8 Å². The van der Waals surface area contributed by atoms with Gasteiger partial charge in [0.15, 0.2) is 5.78 Å². The largest absolute Gasteiger partial charge is 0.353 e.